The average molecular weight is 254 g/mol. The summed E-state index contributed by atoms with van der Waals surface area (Å²) < 4.78 is 0. The molecule has 0 spiro atoms. The van der Waals surface area contributed by atoms with Gasteiger partial charge in [-0.15, -0.1) is 0 Å². The van der Waals surface area contributed by atoms with Crippen LogP contribution in [-0.4, -0.2) is 13.2 Å². The van der Waals surface area contributed by atoms with Gasteiger partial charge >= 0.3 is 0 Å². The van der Waals surface area contributed by atoms with Gasteiger partial charge in [0.15, 0.2) is 0 Å². The summed E-state index contributed by atoms with van der Waals surface area (Å²) in [6, 6.07) is 0. The average Bonchev–Trinajstić information content (AvgIpc) is 2.38. The van der Waals surface area contributed by atoms with Crippen LogP contribution in [0.3, 0.4) is 0 Å². The Kier molecular flexibility index (Phi) is 12.6. The minimum atomic E-state index is 0.659. The molecular weight excluding hydrogens is 224 g/mol. The van der Waals surface area contributed by atoms with Crippen molar-refractivity contribution in [3.05, 3.63) is 0 Å². The molecule has 1 rings (SSSR count). The first-order valence-electron chi connectivity index (χ1n) is 7.46. The summed E-state index contributed by atoms with van der Waals surface area (Å²) in [5, 5.41) is 0. The molecule has 0 aromatic heterocycles. The van der Waals surface area contributed by atoms with Crippen molar-refractivity contribution in [3.63, 3.8) is 0 Å². The second kappa shape index (κ2) is 12.9. The van der Waals surface area contributed by atoms with Gasteiger partial charge in [-0.25, -0.2) is 9.78 Å². The van der Waals surface area contributed by atoms with Crippen LogP contribution in [0.5, 0.6) is 0 Å². The minimum absolute atomic E-state index is 0.659. The second-order valence-corrected chi connectivity index (χ2v) is 5.02. The first kappa shape index (κ1) is 17.5. The van der Waals surface area contributed by atoms with Crippen molar-refractivity contribution in [1.82, 2.24) is 0 Å². The summed E-state index contributed by atoms with van der Waals surface area (Å²) in [6.07, 6.45) is 7.11. The van der Waals surface area contributed by atoms with Crippen LogP contribution in [0.1, 0.15) is 66.2 Å². The molecule has 0 heterocycles. The molecule has 1 aliphatic carbocycles. The van der Waals surface area contributed by atoms with Crippen LogP contribution >= 0.6 is 0 Å². The van der Waals surface area contributed by atoms with E-state index >= 15 is 0 Å². The number of unbranched alkanes of at least 4 members (excludes halogenated alkanes) is 2. The zero-order valence-corrected chi connectivity index (χ0v) is 12.6. The summed E-state index contributed by atoms with van der Waals surface area (Å²) in [5.74, 6) is 7.68. The largest absolute Gasteiger partial charge is 0.237 e. The van der Waals surface area contributed by atoms with Gasteiger partial charge in [0, 0.05) is 11.8 Å². The van der Waals surface area contributed by atoms with Crippen molar-refractivity contribution in [1.29, 1.82) is 0 Å². The van der Waals surface area contributed by atoms with Crippen LogP contribution in [0.4, 0.5) is 0 Å². The lowest BCUT2D eigenvalue weighted by Crippen LogP contribution is -2.02. The van der Waals surface area contributed by atoms with Crippen LogP contribution in [0.2, 0.25) is 0 Å². The molecule has 0 radical (unpaired) electrons. The second-order valence-electron chi connectivity index (χ2n) is 5.02. The maximum atomic E-state index is 4.88. The fourth-order valence-electron chi connectivity index (χ4n) is 1.45. The van der Waals surface area contributed by atoms with E-state index < -0.39 is 0 Å². The molecule has 18 heavy (non-hydrogen) atoms. The Balaban J connectivity index is 0.000000327. The van der Waals surface area contributed by atoms with Gasteiger partial charge in [0.05, 0.1) is 13.2 Å². The third-order valence-electron chi connectivity index (χ3n) is 2.85. The molecule has 2 heteroatoms. The number of hydrogen-bond acceptors (Lipinski definition) is 2. The summed E-state index contributed by atoms with van der Waals surface area (Å²) in [5.41, 5.74) is 0. The molecule has 106 valence electrons. The van der Waals surface area contributed by atoms with Gasteiger partial charge in [-0.3, -0.25) is 0 Å². The summed E-state index contributed by atoms with van der Waals surface area (Å²) in [7, 11) is 0. The van der Waals surface area contributed by atoms with Crippen LogP contribution in [-0.2, 0) is 9.78 Å². The van der Waals surface area contributed by atoms with Crippen molar-refractivity contribution >= 4 is 0 Å². The summed E-state index contributed by atoms with van der Waals surface area (Å²) in [4.78, 5) is 9.75. The van der Waals surface area contributed by atoms with Gasteiger partial charge in [-0.05, 0) is 25.7 Å². The monoisotopic (exact) mass is 254 g/mol. The smallest absolute Gasteiger partial charge is 0.0822 e. The molecule has 0 aliphatic heterocycles. The topological polar surface area (TPSA) is 18.5 Å². The highest BCUT2D eigenvalue weighted by Gasteiger charge is 2.05. The highest BCUT2D eigenvalue weighted by atomic mass is 17.2. The lowest BCUT2D eigenvalue weighted by Gasteiger charge is -2.10. The highest BCUT2D eigenvalue weighted by Crippen LogP contribution is 2.15. The van der Waals surface area contributed by atoms with E-state index in [4.69, 9.17) is 9.78 Å². The van der Waals surface area contributed by atoms with E-state index in [-0.39, 0.29) is 0 Å². The number of rotatable bonds is 7. The highest BCUT2D eigenvalue weighted by molar-refractivity contribution is 5.08. The molecule has 1 aliphatic rings. The number of hydrogen-bond donors (Lipinski definition) is 0. The summed E-state index contributed by atoms with van der Waals surface area (Å²) in [6.45, 7) is 10.1. The lowest BCUT2D eigenvalue weighted by atomic mass is 9.94. The molecule has 0 fully saturated rings. The molecule has 0 saturated carbocycles. The molecule has 2 nitrogen and oxygen atoms in total. The van der Waals surface area contributed by atoms with Gasteiger partial charge in [0.1, 0.15) is 0 Å². The first-order chi connectivity index (χ1) is 8.70. The van der Waals surface area contributed by atoms with E-state index in [1.807, 2.05) is 0 Å². The molecular formula is C16H30O2. The molecule has 0 N–H and O–H groups in total. The molecule has 0 aromatic carbocycles. The lowest BCUT2D eigenvalue weighted by molar-refractivity contribution is -0.295. The Labute approximate surface area is 113 Å². The molecule has 0 amide bonds. The minimum Gasteiger partial charge on any atom is -0.237 e. The molecule has 2 atom stereocenters. The van der Waals surface area contributed by atoms with Gasteiger partial charge < -0.3 is 0 Å². The fraction of sp³-hybridized carbons (Fsp3) is 0.875. The van der Waals surface area contributed by atoms with E-state index in [9.17, 15) is 0 Å². The fourth-order valence-corrected chi connectivity index (χ4v) is 1.45. The summed E-state index contributed by atoms with van der Waals surface area (Å²) >= 11 is 0. The Morgan fingerprint density at radius 3 is 1.50 bits per heavy atom. The molecule has 0 saturated heterocycles. The third kappa shape index (κ3) is 12.0. The Morgan fingerprint density at radius 1 is 0.833 bits per heavy atom. The van der Waals surface area contributed by atoms with Crippen LogP contribution < -0.4 is 0 Å². The van der Waals surface area contributed by atoms with Crippen LogP contribution in [0, 0.1) is 23.7 Å². The van der Waals surface area contributed by atoms with Gasteiger partial charge in [0.25, 0.3) is 0 Å². The van der Waals surface area contributed by atoms with Gasteiger partial charge in [-0.2, -0.15) is 0 Å². The zero-order chi connectivity index (χ0) is 13.6. The normalized spacial score (nSPS) is 21.6. The van der Waals surface area contributed by atoms with Crippen molar-refractivity contribution in [3.8, 4) is 11.8 Å². The maximum Gasteiger partial charge on any atom is 0.0822 e. The third-order valence-corrected chi connectivity index (χ3v) is 2.85. The standard InChI is InChI=1S/C8H18O2.C8H12/c1-3-5-7-9-10-8-6-4-2;1-7-3-5-8(2)6-4-7/h3-8H2,1-2H3;7-8H,3,5H2,1-2H3. The molecule has 0 bridgehead atoms. The zero-order valence-electron chi connectivity index (χ0n) is 12.6. The maximum absolute atomic E-state index is 4.88. The van der Waals surface area contributed by atoms with Crippen molar-refractivity contribution < 1.29 is 9.78 Å². The predicted octanol–water partition coefficient (Wildman–Crippen LogP) is 4.59. The van der Waals surface area contributed by atoms with E-state index in [2.05, 4.69) is 39.5 Å². The van der Waals surface area contributed by atoms with E-state index in [1.54, 1.807) is 0 Å². The quantitative estimate of drug-likeness (QED) is 0.286. The first-order valence-corrected chi connectivity index (χ1v) is 7.46. The van der Waals surface area contributed by atoms with Crippen LogP contribution in [0.15, 0.2) is 0 Å². The van der Waals surface area contributed by atoms with Crippen molar-refractivity contribution in [2.45, 2.75) is 66.2 Å². The van der Waals surface area contributed by atoms with Crippen molar-refractivity contribution in [2.24, 2.45) is 11.8 Å². The molecule has 2 unspecified atom stereocenters. The van der Waals surface area contributed by atoms with Crippen molar-refractivity contribution in [2.75, 3.05) is 13.2 Å². The van der Waals surface area contributed by atoms with Crippen LogP contribution in [0.25, 0.3) is 0 Å². The van der Waals surface area contributed by atoms with E-state index in [0.717, 1.165) is 38.9 Å². The van der Waals surface area contributed by atoms with Gasteiger partial charge in [0.2, 0.25) is 0 Å². The van der Waals surface area contributed by atoms with Gasteiger partial charge in [-0.1, -0.05) is 52.4 Å². The SMILES string of the molecule is CC1C#CC(C)CC1.CCCCOOCCCC. The predicted molar refractivity (Wildman–Crippen MR) is 77.1 cm³/mol. The van der Waals surface area contributed by atoms with E-state index in [0.29, 0.717) is 11.8 Å². The Bertz CT molecular complexity index is 205. The Morgan fingerprint density at radius 2 is 1.22 bits per heavy atom. The molecule has 0 aromatic rings. The Hall–Kier alpha value is -0.520. The van der Waals surface area contributed by atoms with E-state index in [1.165, 1.54) is 12.8 Å².